The molecule has 8 nitrogen and oxygen atoms in total. The van der Waals surface area contributed by atoms with Gasteiger partial charge >= 0.3 is 5.69 Å². The van der Waals surface area contributed by atoms with Crippen molar-refractivity contribution in [2.45, 2.75) is 58.2 Å². The summed E-state index contributed by atoms with van der Waals surface area (Å²) in [5.41, 5.74) is 0.829. The minimum atomic E-state index is -0.204. The Morgan fingerprint density at radius 2 is 1.93 bits per heavy atom. The Kier molecular flexibility index (Phi) is 5.22. The van der Waals surface area contributed by atoms with Gasteiger partial charge in [-0.25, -0.2) is 14.5 Å². The Morgan fingerprint density at radius 1 is 1.11 bits per heavy atom. The molecule has 0 saturated carbocycles. The number of aromatic nitrogens is 4. The van der Waals surface area contributed by atoms with Crippen LogP contribution in [0, 0.1) is 0 Å². The standard InChI is InChI=1S/C19H26N6O2/c26-18(14-25-19(27)24-11-3-1-2-6-16(24)22-25)21-13-15-7-8-20-17(12-15)23-9-4-5-10-23/h7-8,12H,1-6,9-11,13-14H2,(H,21,26). The minimum absolute atomic E-state index is 0.0388. The Morgan fingerprint density at radius 3 is 2.78 bits per heavy atom. The second-order valence-corrected chi connectivity index (χ2v) is 7.31. The molecule has 2 aromatic rings. The Bertz CT molecular complexity index is 865. The lowest BCUT2D eigenvalue weighted by atomic mass is 10.2. The van der Waals surface area contributed by atoms with Crippen LogP contribution in [0.2, 0.25) is 0 Å². The molecule has 0 atom stereocenters. The van der Waals surface area contributed by atoms with E-state index in [1.807, 2.05) is 12.1 Å². The number of carbonyl (C=O) groups excluding carboxylic acids is 1. The molecule has 144 valence electrons. The third-order valence-corrected chi connectivity index (χ3v) is 5.30. The molecule has 2 aliphatic heterocycles. The van der Waals surface area contributed by atoms with Crippen molar-refractivity contribution in [1.29, 1.82) is 0 Å². The summed E-state index contributed by atoms with van der Waals surface area (Å²) < 4.78 is 3.00. The summed E-state index contributed by atoms with van der Waals surface area (Å²) >= 11 is 0. The molecule has 1 fully saturated rings. The number of hydrogen-bond acceptors (Lipinski definition) is 5. The molecule has 2 aromatic heterocycles. The van der Waals surface area contributed by atoms with Gasteiger partial charge in [-0.3, -0.25) is 9.36 Å². The molecule has 27 heavy (non-hydrogen) atoms. The van der Waals surface area contributed by atoms with Gasteiger partial charge in [0, 0.05) is 38.8 Å². The molecular weight excluding hydrogens is 344 g/mol. The quantitative estimate of drug-likeness (QED) is 0.851. The van der Waals surface area contributed by atoms with E-state index in [4.69, 9.17) is 0 Å². The average molecular weight is 370 g/mol. The van der Waals surface area contributed by atoms with Crippen molar-refractivity contribution >= 4 is 11.7 Å². The summed E-state index contributed by atoms with van der Waals surface area (Å²) in [6.45, 7) is 3.16. The number of carbonyl (C=O) groups is 1. The van der Waals surface area contributed by atoms with Gasteiger partial charge in [0.15, 0.2) is 0 Å². The van der Waals surface area contributed by atoms with Gasteiger partial charge in [0.25, 0.3) is 0 Å². The van der Waals surface area contributed by atoms with Crippen molar-refractivity contribution in [2.75, 3.05) is 18.0 Å². The first-order valence-corrected chi connectivity index (χ1v) is 9.84. The lowest BCUT2D eigenvalue weighted by Crippen LogP contribution is -2.33. The summed E-state index contributed by atoms with van der Waals surface area (Å²) in [5, 5.41) is 7.25. The predicted molar refractivity (Wildman–Crippen MR) is 102 cm³/mol. The highest BCUT2D eigenvalue weighted by molar-refractivity contribution is 5.75. The smallest absolute Gasteiger partial charge is 0.346 e. The zero-order valence-corrected chi connectivity index (χ0v) is 15.6. The minimum Gasteiger partial charge on any atom is -0.357 e. The molecule has 8 heteroatoms. The van der Waals surface area contributed by atoms with Gasteiger partial charge in [0.2, 0.25) is 5.91 Å². The van der Waals surface area contributed by atoms with Crippen LogP contribution in [0.5, 0.6) is 0 Å². The predicted octanol–water partition coefficient (Wildman–Crippen LogP) is 1.08. The molecule has 1 amide bonds. The van der Waals surface area contributed by atoms with Crippen molar-refractivity contribution in [3.63, 3.8) is 0 Å². The summed E-state index contributed by atoms with van der Waals surface area (Å²) in [7, 11) is 0. The number of rotatable bonds is 5. The van der Waals surface area contributed by atoms with Gasteiger partial charge in [-0.2, -0.15) is 5.10 Å². The second kappa shape index (κ2) is 7.94. The van der Waals surface area contributed by atoms with E-state index in [0.717, 1.165) is 56.0 Å². The van der Waals surface area contributed by atoms with E-state index in [9.17, 15) is 9.59 Å². The van der Waals surface area contributed by atoms with Crippen molar-refractivity contribution in [3.8, 4) is 0 Å². The van der Waals surface area contributed by atoms with Gasteiger partial charge in [-0.15, -0.1) is 0 Å². The second-order valence-electron chi connectivity index (χ2n) is 7.31. The SMILES string of the molecule is O=C(Cn1nc2n(c1=O)CCCCC2)NCc1ccnc(N2CCCC2)c1. The highest BCUT2D eigenvalue weighted by atomic mass is 16.2. The van der Waals surface area contributed by atoms with Crippen LogP contribution in [0.1, 0.15) is 43.5 Å². The van der Waals surface area contributed by atoms with Crippen LogP contribution in [0.25, 0.3) is 0 Å². The fraction of sp³-hybridized carbons (Fsp3) is 0.579. The lowest BCUT2D eigenvalue weighted by Gasteiger charge is -2.17. The Labute approximate surface area is 158 Å². The molecule has 2 aliphatic rings. The van der Waals surface area contributed by atoms with Crippen molar-refractivity contribution in [3.05, 3.63) is 40.2 Å². The molecule has 0 bridgehead atoms. The normalized spacial score (nSPS) is 16.8. The van der Waals surface area contributed by atoms with Crippen LogP contribution in [0.3, 0.4) is 0 Å². The summed E-state index contributed by atoms with van der Waals surface area (Å²) in [4.78, 5) is 31.4. The van der Waals surface area contributed by atoms with Crippen LogP contribution in [0.15, 0.2) is 23.1 Å². The molecule has 0 radical (unpaired) electrons. The number of amides is 1. The number of aryl methyl sites for hydroxylation is 1. The lowest BCUT2D eigenvalue weighted by molar-refractivity contribution is -0.122. The number of nitrogens with one attached hydrogen (secondary N) is 1. The summed E-state index contributed by atoms with van der Waals surface area (Å²) in [6.07, 6.45) is 8.15. The Balaban J connectivity index is 1.36. The maximum Gasteiger partial charge on any atom is 0.346 e. The number of anilines is 1. The molecule has 4 rings (SSSR count). The third kappa shape index (κ3) is 4.04. The maximum absolute atomic E-state index is 12.4. The molecular formula is C19H26N6O2. The van der Waals surface area contributed by atoms with Crippen molar-refractivity contribution < 1.29 is 4.79 Å². The van der Waals surface area contributed by atoms with Crippen molar-refractivity contribution in [2.24, 2.45) is 0 Å². The number of pyridine rings is 1. The largest absolute Gasteiger partial charge is 0.357 e. The highest BCUT2D eigenvalue weighted by Gasteiger charge is 2.17. The van der Waals surface area contributed by atoms with Gasteiger partial charge in [-0.05, 0) is 43.4 Å². The van der Waals surface area contributed by atoms with Gasteiger partial charge < -0.3 is 10.2 Å². The van der Waals surface area contributed by atoms with Crippen molar-refractivity contribution in [1.82, 2.24) is 24.6 Å². The molecule has 1 saturated heterocycles. The fourth-order valence-corrected chi connectivity index (χ4v) is 3.81. The van der Waals surface area contributed by atoms with E-state index in [-0.39, 0.29) is 18.1 Å². The molecule has 0 spiro atoms. The average Bonchev–Trinajstić information content (AvgIpc) is 3.24. The number of nitrogens with zero attached hydrogens (tertiary/aromatic N) is 5. The van der Waals surface area contributed by atoms with Crippen LogP contribution >= 0.6 is 0 Å². The number of hydrogen-bond donors (Lipinski definition) is 1. The third-order valence-electron chi connectivity index (χ3n) is 5.30. The highest BCUT2D eigenvalue weighted by Crippen LogP contribution is 2.18. The monoisotopic (exact) mass is 370 g/mol. The van der Waals surface area contributed by atoms with E-state index < -0.39 is 0 Å². The van der Waals surface area contributed by atoms with E-state index in [0.29, 0.717) is 13.1 Å². The summed E-state index contributed by atoms with van der Waals surface area (Å²) in [5.74, 6) is 1.56. The van der Waals surface area contributed by atoms with Crippen LogP contribution in [-0.2, 0) is 30.8 Å². The first-order valence-electron chi connectivity index (χ1n) is 9.84. The summed E-state index contributed by atoms with van der Waals surface area (Å²) in [6, 6.07) is 3.93. The zero-order chi connectivity index (χ0) is 18.6. The van der Waals surface area contributed by atoms with Gasteiger partial charge in [-0.1, -0.05) is 6.42 Å². The molecule has 4 heterocycles. The Hall–Kier alpha value is -2.64. The van der Waals surface area contributed by atoms with E-state index in [2.05, 4.69) is 20.3 Å². The fourth-order valence-electron chi connectivity index (χ4n) is 3.81. The first-order chi connectivity index (χ1) is 13.2. The van der Waals surface area contributed by atoms with E-state index in [1.165, 1.54) is 17.5 Å². The van der Waals surface area contributed by atoms with Crippen LogP contribution in [-0.4, -0.2) is 38.3 Å². The topological polar surface area (TPSA) is 85.0 Å². The molecule has 1 N–H and O–H groups in total. The maximum atomic E-state index is 12.4. The molecule has 0 aromatic carbocycles. The van der Waals surface area contributed by atoms with E-state index in [1.54, 1.807) is 10.8 Å². The van der Waals surface area contributed by atoms with Gasteiger partial charge in [0.05, 0.1) is 0 Å². The molecule has 0 unspecified atom stereocenters. The number of fused-ring (bicyclic) bond motifs is 1. The van der Waals surface area contributed by atoms with E-state index >= 15 is 0 Å². The van der Waals surface area contributed by atoms with Crippen LogP contribution < -0.4 is 15.9 Å². The zero-order valence-electron chi connectivity index (χ0n) is 15.6. The first kappa shape index (κ1) is 17.8. The van der Waals surface area contributed by atoms with Crippen LogP contribution in [0.4, 0.5) is 5.82 Å². The molecule has 0 aliphatic carbocycles. The van der Waals surface area contributed by atoms with Gasteiger partial charge in [0.1, 0.15) is 18.2 Å².